The van der Waals surface area contributed by atoms with E-state index in [1.807, 2.05) is 0 Å². The number of halogens is 2. The first kappa shape index (κ1) is 11.9. The molecule has 1 unspecified atom stereocenters. The molecule has 3 atom stereocenters. The van der Waals surface area contributed by atoms with Gasteiger partial charge in [0.15, 0.2) is 11.6 Å². The van der Waals surface area contributed by atoms with Crippen molar-refractivity contribution < 1.29 is 18.6 Å². The molecule has 6 nitrogen and oxygen atoms in total. The van der Waals surface area contributed by atoms with Crippen LogP contribution in [0.3, 0.4) is 0 Å². The Morgan fingerprint density at radius 2 is 2.41 bits per heavy atom. The summed E-state index contributed by atoms with van der Waals surface area (Å²) in [6.45, 7) is -0.503. The van der Waals surface area contributed by atoms with E-state index in [9.17, 15) is 13.6 Å². The molecule has 0 aliphatic carbocycles. The molecule has 2 rings (SSSR count). The minimum absolute atomic E-state index is 0.143. The molecule has 2 heterocycles. The molecule has 1 saturated heterocycles. The van der Waals surface area contributed by atoms with Crippen molar-refractivity contribution in [1.29, 1.82) is 0 Å². The number of hydrogen-bond acceptors (Lipinski definition) is 5. The molecule has 0 saturated carbocycles. The second-order valence-electron chi connectivity index (χ2n) is 3.73. The Bertz CT molecular complexity index is 479. The monoisotopic (exact) mass is 247 g/mol. The lowest BCUT2D eigenvalue weighted by Gasteiger charge is -2.14. The highest BCUT2D eigenvalue weighted by atomic mass is 19.1. The molecular weight excluding hydrogens is 236 g/mol. The molecule has 0 bridgehead atoms. The quantitative estimate of drug-likeness (QED) is 0.741. The van der Waals surface area contributed by atoms with Gasteiger partial charge in [0.25, 0.3) is 0 Å². The molecule has 3 N–H and O–H groups in total. The van der Waals surface area contributed by atoms with Crippen LogP contribution in [0.25, 0.3) is 0 Å². The highest BCUT2D eigenvalue weighted by molar-refractivity contribution is 5.26. The molecule has 0 amide bonds. The molecule has 0 spiro atoms. The summed E-state index contributed by atoms with van der Waals surface area (Å²) < 4.78 is 32.3. The SMILES string of the molecule is Nc1nc(=O)n([C@H]2CC(F)[C@@H](CO)O2)cc1F. The fraction of sp³-hybridized carbons (Fsp3) is 0.556. The molecule has 1 aromatic rings. The van der Waals surface area contributed by atoms with E-state index in [1.54, 1.807) is 0 Å². The molecule has 1 aliphatic heterocycles. The third-order valence-electron chi connectivity index (χ3n) is 2.59. The van der Waals surface area contributed by atoms with Crippen molar-refractivity contribution in [2.24, 2.45) is 0 Å². The van der Waals surface area contributed by atoms with Gasteiger partial charge in [-0.05, 0) is 0 Å². The van der Waals surface area contributed by atoms with Gasteiger partial charge in [-0.1, -0.05) is 0 Å². The number of aliphatic hydroxyl groups excluding tert-OH is 1. The van der Waals surface area contributed by atoms with Gasteiger partial charge >= 0.3 is 5.69 Å². The number of nitrogens with zero attached hydrogens (tertiary/aromatic N) is 2. The largest absolute Gasteiger partial charge is 0.394 e. The number of nitrogen functional groups attached to an aromatic ring is 1. The van der Waals surface area contributed by atoms with Crippen LogP contribution in [0.4, 0.5) is 14.6 Å². The van der Waals surface area contributed by atoms with Crippen molar-refractivity contribution in [2.45, 2.75) is 24.9 Å². The predicted molar refractivity (Wildman–Crippen MR) is 53.4 cm³/mol. The smallest absolute Gasteiger partial charge is 0.351 e. The van der Waals surface area contributed by atoms with E-state index in [0.29, 0.717) is 0 Å². The number of hydrogen-bond donors (Lipinski definition) is 2. The van der Waals surface area contributed by atoms with Crippen LogP contribution in [0.1, 0.15) is 12.6 Å². The summed E-state index contributed by atoms with van der Waals surface area (Å²) in [7, 11) is 0. The molecule has 0 aromatic carbocycles. The first-order valence-electron chi connectivity index (χ1n) is 4.97. The summed E-state index contributed by atoms with van der Waals surface area (Å²) in [5.41, 5.74) is 4.29. The van der Waals surface area contributed by atoms with Gasteiger partial charge in [0.1, 0.15) is 18.5 Å². The van der Waals surface area contributed by atoms with Crippen LogP contribution in [0, 0.1) is 5.82 Å². The summed E-state index contributed by atoms with van der Waals surface area (Å²) in [6, 6.07) is 0. The Morgan fingerprint density at radius 1 is 1.71 bits per heavy atom. The molecule has 1 fully saturated rings. The van der Waals surface area contributed by atoms with Crippen LogP contribution in [0.15, 0.2) is 11.0 Å². The summed E-state index contributed by atoms with van der Waals surface area (Å²) in [4.78, 5) is 14.7. The van der Waals surface area contributed by atoms with E-state index in [1.165, 1.54) is 0 Å². The molecule has 0 radical (unpaired) electrons. The fourth-order valence-corrected chi connectivity index (χ4v) is 1.69. The topological polar surface area (TPSA) is 90.4 Å². The highest BCUT2D eigenvalue weighted by Crippen LogP contribution is 2.29. The third-order valence-corrected chi connectivity index (χ3v) is 2.59. The van der Waals surface area contributed by atoms with Gasteiger partial charge in [-0.2, -0.15) is 4.98 Å². The van der Waals surface area contributed by atoms with Crippen molar-refractivity contribution in [1.82, 2.24) is 9.55 Å². The van der Waals surface area contributed by atoms with E-state index in [2.05, 4.69) is 4.98 Å². The highest BCUT2D eigenvalue weighted by Gasteiger charge is 2.36. The lowest BCUT2D eigenvalue weighted by molar-refractivity contribution is -0.0358. The molecule has 8 heteroatoms. The summed E-state index contributed by atoms with van der Waals surface area (Å²) in [5.74, 6) is -1.39. The first-order valence-corrected chi connectivity index (χ1v) is 4.97. The first-order chi connectivity index (χ1) is 8.02. The number of aliphatic hydroxyl groups is 1. The molecule has 1 aromatic heterocycles. The van der Waals surface area contributed by atoms with Crippen LogP contribution in [-0.2, 0) is 4.74 Å². The molecule has 1 aliphatic rings. The van der Waals surface area contributed by atoms with Crippen molar-refractivity contribution >= 4 is 5.82 Å². The lowest BCUT2D eigenvalue weighted by atomic mass is 10.2. The maximum atomic E-state index is 13.3. The van der Waals surface area contributed by atoms with Crippen molar-refractivity contribution in [3.8, 4) is 0 Å². The standard InChI is InChI=1S/C9H11F2N3O3/c10-4-1-7(17-6(4)3-15)14-2-5(11)8(12)13-9(14)16/h2,4,6-7,15H,1,3H2,(H2,12,13,16)/t4?,6-,7-/m1/s1. The van der Waals surface area contributed by atoms with E-state index in [0.717, 1.165) is 10.8 Å². The summed E-state index contributed by atoms with van der Waals surface area (Å²) in [5, 5.41) is 8.81. The van der Waals surface area contributed by atoms with Crippen molar-refractivity contribution in [2.75, 3.05) is 12.3 Å². The van der Waals surface area contributed by atoms with Crippen molar-refractivity contribution in [3.05, 3.63) is 22.5 Å². The van der Waals surface area contributed by atoms with E-state index in [-0.39, 0.29) is 6.42 Å². The Morgan fingerprint density at radius 3 is 3.00 bits per heavy atom. The molecule has 94 valence electrons. The maximum absolute atomic E-state index is 13.3. The number of anilines is 1. The zero-order chi connectivity index (χ0) is 12.6. The van der Waals surface area contributed by atoms with Gasteiger partial charge in [-0.3, -0.25) is 4.57 Å². The van der Waals surface area contributed by atoms with Gasteiger partial charge in [0.05, 0.1) is 12.8 Å². The van der Waals surface area contributed by atoms with Gasteiger partial charge in [0, 0.05) is 6.42 Å². The lowest BCUT2D eigenvalue weighted by Crippen LogP contribution is -2.29. The number of ether oxygens (including phenoxy) is 1. The Labute approximate surface area is 94.6 Å². The summed E-state index contributed by atoms with van der Waals surface area (Å²) >= 11 is 0. The van der Waals surface area contributed by atoms with Gasteiger partial charge < -0.3 is 15.6 Å². The minimum Gasteiger partial charge on any atom is -0.394 e. The minimum atomic E-state index is -1.41. The van der Waals surface area contributed by atoms with E-state index < -0.39 is 42.4 Å². The average Bonchev–Trinajstić information content (AvgIpc) is 2.65. The van der Waals surface area contributed by atoms with Crippen molar-refractivity contribution in [3.63, 3.8) is 0 Å². The number of rotatable bonds is 2. The van der Waals surface area contributed by atoms with Crippen LogP contribution >= 0.6 is 0 Å². The van der Waals surface area contributed by atoms with Crippen LogP contribution in [0.2, 0.25) is 0 Å². The van der Waals surface area contributed by atoms with Crippen LogP contribution < -0.4 is 11.4 Å². The Balaban J connectivity index is 2.30. The second kappa shape index (κ2) is 4.38. The van der Waals surface area contributed by atoms with Gasteiger partial charge in [-0.25, -0.2) is 13.6 Å². The second-order valence-corrected chi connectivity index (χ2v) is 3.73. The van der Waals surface area contributed by atoms with Crippen LogP contribution in [0.5, 0.6) is 0 Å². The predicted octanol–water partition coefficient (Wildman–Crippen LogP) is -0.418. The van der Waals surface area contributed by atoms with Crippen LogP contribution in [-0.4, -0.2) is 33.5 Å². The van der Waals surface area contributed by atoms with E-state index >= 15 is 0 Å². The molecule has 17 heavy (non-hydrogen) atoms. The number of aromatic nitrogens is 2. The number of alkyl halides is 1. The molecular formula is C9H11F2N3O3. The van der Waals surface area contributed by atoms with E-state index in [4.69, 9.17) is 15.6 Å². The Kier molecular flexibility index (Phi) is 3.07. The normalized spacial score (nSPS) is 28.5. The zero-order valence-electron chi connectivity index (χ0n) is 8.72. The zero-order valence-corrected chi connectivity index (χ0v) is 8.72. The van der Waals surface area contributed by atoms with Gasteiger partial charge in [0.2, 0.25) is 0 Å². The maximum Gasteiger partial charge on any atom is 0.351 e. The Hall–Kier alpha value is -1.54. The average molecular weight is 247 g/mol. The number of nitrogens with two attached hydrogens (primary N) is 1. The third kappa shape index (κ3) is 2.13. The van der Waals surface area contributed by atoms with Gasteiger partial charge in [-0.15, -0.1) is 0 Å². The fourth-order valence-electron chi connectivity index (χ4n) is 1.69. The summed E-state index contributed by atoms with van der Waals surface area (Å²) in [6.07, 6.45) is -2.71.